The van der Waals surface area contributed by atoms with E-state index in [-0.39, 0.29) is 20.4 Å². The number of hydrogen-bond donors (Lipinski definition) is 0. The minimum atomic E-state index is -3.74. The van der Waals surface area contributed by atoms with E-state index in [1.54, 1.807) is 6.07 Å². The van der Waals surface area contributed by atoms with E-state index in [0.717, 1.165) is 0 Å². The molecule has 0 aliphatic carbocycles. The van der Waals surface area contributed by atoms with Gasteiger partial charge in [-0.15, -0.1) is 0 Å². The molecule has 2 aromatic rings. The summed E-state index contributed by atoms with van der Waals surface area (Å²) in [4.78, 5) is 6.48. The second-order valence-corrected chi connectivity index (χ2v) is 10.2. The molecule has 27 heavy (non-hydrogen) atoms. The highest BCUT2D eigenvalue weighted by molar-refractivity contribution is 7.89. The van der Waals surface area contributed by atoms with Crippen molar-refractivity contribution in [2.75, 3.05) is 26.2 Å². The van der Waals surface area contributed by atoms with Crippen molar-refractivity contribution >= 4 is 33.2 Å². The van der Waals surface area contributed by atoms with Gasteiger partial charge in [-0.25, -0.2) is 8.42 Å². The fourth-order valence-corrected chi connectivity index (χ4v) is 5.31. The smallest absolute Gasteiger partial charge is 0.246 e. The van der Waals surface area contributed by atoms with E-state index in [2.05, 4.69) is 15.0 Å². The summed E-state index contributed by atoms with van der Waals surface area (Å²) >= 11 is 12.2. The summed E-state index contributed by atoms with van der Waals surface area (Å²) in [6.45, 7) is 8.32. The molecule has 3 rings (SSSR count). The van der Waals surface area contributed by atoms with Gasteiger partial charge in [0.1, 0.15) is 4.90 Å². The Morgan fingerprint density at radius 2 is 1.70 bits per heavy atom. The molecule has 0 N–H and O–H groups in total. The third-order valence-corrected chi connectivity index (χ3v) is 7.20. The van der Waals surface area contributed by atoms with Crippen LogP contribution < -0.4 is 0 Å². The molecule has 1 aliphatic rings. The Bertz CT molecular complexity index is 896. The van der Waals surface area contributed by atoms with Gasteiger partial charge in [0, 0.05) is 31.6 Å². The van der Waals surface area contributed by atoms with Gasteiger partial charge in [0.05, 0.1) is 16.6 Å². The molecule has 2 heterocycles. The van der Waals surface area contributed by atoms with Crippen molar-refractivity contribution in [1.29, 1.82) is 0 Å². The highest BCUT2D eigenvalue weighted by Gasteiger charge is 2.32. The maximum Gasteiger partial charge on any atom is 0.246 e. The Morgan fingerprint density at radius 3 is 2.22 bits per heavy atom. The molecule has 148 valence electrons. The summed E-state index contributed by atoms with van der Waals surface area (Å²) < 4.78 is 32.5. The average molecular weight is 433 g/mol. The minimum Gasteiger partial charge on any atom is -0.338 e. The summed E-state index contributed by atoms with van der Waals surface area (Å²) in [5, 5.41) is 4.28. The largest absolute Gasteiger partial charge is 0.338 e. The molecule has 1 aromatic carbocycles. The fraction of sp³-hybridized carbons (Fsp3) is 0.529. The van der Waals surface area contributed by atoms with Gasteiger partial charge >= 0.3 is 0 Å². The van der Waals surface area contributed by atoms with Crippen molar-refractivity contribution in [3.05, 3.63) is 40.0 Å². The zero-order chi connectivity index (χ0) is 19.8. The van der Waals surface area contributed by atoms with Crippen molar-refractivity contribution in [2.45, 2.75) is 37.6 Å². The van der Waals surface area contributed by atoms with Gasteiger partial charge in [0.15, 0.2) is 5.82 Å². The van der Waals surface area contributed by atoms with Crippen LogP contribution in [0.4, 0.5) is 0 Å². The van der Waals surface area contributed by atoms with Gasteiger partial charge in [-0.05, 0) is 12.1 Å². The van der Waals surface area contributed by atoms with Crippen molar-refractivity contribution in [2.24, 2.45) is 0 Å². The van der Waals surface area contributed by atoms with Gasteiger partial charge in [0.2, 0.25) is 15.9 Å². The molecule has 0 spiro atoms. The van der Waals surface area contributed by atoms with Crippen molar-refractivity contribution in [3.63, 3.8) is 0 Å². The highest BCUT2D eigenvalue weighted by atomic mass is 35.5. The number of benzene rings is 1. The molecule has 1 aromatic heterocycles. The van der Waals surface area contributed by atoms with Crippen LogP contribution in [0.1, 0.15) is 32.5 Å². The minimum absolute atomic E-state index is 0.0338. The topological polar surface area (TPSA) is 79.5 Å². The van der Waals surface area contributed by atoms with Crippen LogP contribution in [-0.2, 0) is 22.0 Å². The number of halogens is 2. The van der Waals surface area contributed by atoms with Crippen molar-refractivity contribution < 1.29 is 12.9 Å². The molecule has 0 unspecified atom stereocenters. The second kappa shape index (κ2) is 7.67. The van der Waals surface area contributed by atoms with E-state index in [9.17, 15) is 8.42 Å². The number of aromatic nitrogens is 2. The van der Waals surface area contributed by atoms with Gasteiger partial charge in [0.25, 0.3) is 0 Å². The van der Waals surface area contributed by atoms with E-state index >= 15 is 0 Å². The first-order valence-corrected chi connectivity index (χ1v) is 10.8. The average Bonchev–Trinajstić information content (AvgIpc) is 3.04. The van der Waals surface area contributed by atoms with Crippen LogP contribution in [0, 0.1) is 0 Å². The summed E-state index contributed by atoms with van der Waals surface area (Å²) in [6, 6.07) is 4.68. The molecule has 0 atom stereocenters. The first kappa shape index (κ1) is 20.5. The third-order valence-electron chi connectivity index (χ3n) is 4.35. The van der Waals surface area contributed by atoms with E-state index in [0.29, 0.717) is 44.4 Å². The lowest BCUT2D eigenvalue weighted by molar-refractivity contribution is 0.163. The molecule has 1 fully saturated rings. The van der Waals surface area contributed by atoms with Crippen LogP contribution in [-0.4, -0.2) is 53.9 Å². The summed E-state index contributed by atoms with van der Waals surface area (Å²) in [6.07, 6.45) is 0. The summed E-state index contributed by atoms with van der Waals surface area (Å²) in [7, 11) is -3.74. The molecule has 7 nitrogen and oxygen atoms in total. The number of rotatable bonds is 4. The predicted octanol–water partition coefficient (Wildman–Crippen LogP) is 3.18. The standard InChI is InChI=1S/C17H22Cl2N4O3S/c1-17(2,3)16-20-14(26-21-16)11-22-7-9-23(10-8-22)27(24,25)15-12(18)5-4-6-13(15)19/h4-6H,7-11H2,1-3H3. The lowest BCUT2D eigenvalue weighted by Crippen LogP contribution is -2.48. The van der Waals surface area contributed by atoms with E-state index in [4.69, 9.17) is 27.7 Å². The molecule has 0 radical (unpaired) electrons. The van der Waals surface area contributed by atoms with Crippen molar-refractivity contribution in [3.8, 4) is 0 Å². The van der Waals surface area contributed by atoms with E-state index in [1.165, 1.54) is 16.4 Å². The lowest BCUT2D eigenvalue weighted by atomic mass is 9.96. The SMILES string of the molecule is CC(C)(C)c1noc(CN2CCN(S(=O)(=O)c3c(Cl)cccc3Cl)CC2)n1. The van der Waals surface area contributed by atoms with Crippen LogP contribution in [0.2, 0.25) is 10.0 Å². The third kappa shape index (κ3) is 4.46. The zero-order valence-electron chi connectivity index (χ0n) is 15.4. The highest BCUT2D eigenvalue weighted by Crippen LogP contribution is 2.32. The Morgan fingerprint density at radius 1 is 1.11 bits per heavy atom. The number of nitrogens with zero attached hydrogens (tertiary/aromatic N) is 4. The van der Waals surface area contributed by atoms with Crippen LogP contribution in [0.15, 0.2) is 27.6 Å². The molecule has 0 saturated carbocycles. The van der Waals surface area contributed by atoms with Gasteiger partial charge in [-0.1, -0.05) is 55.2 Å². The van der Waals surface area contributed by atoms with E-state index < -0.39 is 10.0 Å². The Labute approximate surface area is 169 Å². The normalized spacial score (nSPS) is 17.4. The van der Waals surface area contributed by atoms with E-state index in [1.807, 2.05) is 20.8 Å². The van der Waals surface area contributed by atoms with Gasteiger partial charge in [-0.2, -0.15) is 9.29 Å². The second-order valence-electron chi connectivity index (χ2n) is 7.49. The lowest BCUT2D eigenvalue weighted by Gasteiger charge is -2.33. The van der Waals surface area contributed by atoms with Gasteiger partial charge in [-0.3, -0.25) is 4.90 Å². The number of piperazine rings is 1. The molecule has 10 heteroatoms. The molecular weight excluding hydrogens is 411 g/mol. The Hall–Kier alpha value is -1.19. The van der Waals surface area contributed by atoms with Crippen molar-refractivity contribution in [1.82, 2.24) is 19.3 Å². The van der Waals surface area contributed by atoms with Crippen LogP contribution in [0.3, 0.4) is 0 Å². The molecular formula is C17H22Cl2N4O3S. The molecule has 1 aliphatic heterocycles. The molecule has 1 saturated heterocycles. The maximum absolute atomic E-state index is 12.9. The number of hydrogen-bond acceptors (Lipinski definition) is 6. The van der Waals surface area contributed by atoms with Crippen LogP contribution in [0.5, 0.6) is 0 Å². The van der Waals surface area contributed by atoms with Crippen LogP contribution in [0.25, 0.3) is 0 Å². The first-order valence-electron chi connectivity index (χ1n) is 8.58. The quantitative estimate of drug-likeness (QED) is 0.737. The maximum atomic E-state index is 12.9. The fourth-order valence-electron chi connectivity index (χ4n) is 2.80. The summed E-state index contributed by atoms with van der Waals surface area (Å²) in [5.74, 6) is 1.19. The Kier molecular flexibility index (Phi) is 5.84. The molecule has 0 amide bonds. The first-order chi connectivity index (χ1) is 12.6. The number of sulfonamides is 1. The van der Waals surface area contributed by atoms with Gasteiger partial charge < -0.3 is 4.52 Å². The molecule has 0 bridgehead atoms. The predicted molar refractivity (Wildman–Crippen MR) is 103 cm³/mol. The summed E-state index contributed by atoms with van der Waals surface area (Å²) in [5.41, 5.74) is -0.178. The monoisotopic (exact) mass is 432 g/mol. The zero-order valence-corrected chi connectivity index (χ0v) is 17.8. The Balaban J connectivity index is 1.66. The van der Waals surface area contributed by atoms with Crippen LogP contribution >= 0.6 is 23.2 Å².